The van der Waals surface area contributed by atoms with Crippen molar-refractivity contribution >= 4 is 35.2 Å². The fourth-order valence-electron chi connectivity index (χ4n) is 3.72. The van der Waals surface area contributed by atoms with Crippen molar-refractivity contribution in [2.24, 2.45) is 0 Å². The Balaban J connectivity index is 1.66. The number of amides is 2. The molecular weight excluding hydrogens is 464 g/mol. The van der Waals surface area contributed by atoms with Crippen LogP contribution >= 0.6 is 11.6 Å². The third-order valence-corrected chi connectivity index (χ3v) is 5.58. The Kier molecular flexibility index (Phi) is 7.53. The highest BCUT2D eigenvalue weighted by molar-refractivity contribution is 6.31. The van der Waals surface area contributed by atoms with Crippen LogP contribution in [0.25, 0.3) is 6.08 Å². The lowest BCUT2D eigenvalue weighted by Gasteiger charge is -2.17. The highest BCUT2D eigenvalue weighted by Gasteiger charge is 2.34. The second-order valence-electron chi connectivity index (χ2n) is 7.82. The lowest BCUT2D eigenvalue weighted by atomic mass is 10.0. The van der Waals surface area contributed by atoms with Crippen LogP contribution in [0, 0.1) is 0 Å². The van der Waals surface area contributed by atoms with Gasteiger partial charge in [0.05, 0.1) is 12.3 Å². The first-order chi connectivity index (χ1) is 17.0. The largest absolute Gasteiger partial charge is 0.490 e. The summed E-state index contributed by atoms with van der Waals surface area (Å²) in [6.45, 7) is 6.48. The molecule has 1 saturated heterocycles. The van der Waals surface area contributed by atoms with E-state index in [2.05, 4.69) is 12.0 Å². The summed E-state index contributed by atoms with van der Waals surface area (Å²) >= 11 is 5.98. The summed E-state index contributed by atoms with van der Waals surface area (Å²) in [5, 5.41) is 1.90. The van der Waals surface area contributed by atoms with Crippen molar-refractivity contribution in [3.05, 3.63) is 107 Å². The molecule has 1 aliphatic heterocycles. The molecule has 0 saturated carbocycles. The van der Waals surface area contributed by atoms with E-state index in [1.807, 2.05) is 43.3 Å². The van der Waals surface area contributed by atoms with Gasteiger partial charge in [-0.1, -0.05) is 48.0 Å². The number of halogens is 1. The maximum absolute atomic E-state index is 13.0. The molecule has 1 fully saturated rings. The molecule has 3 aromatic carbocycles. The molecule has 35 heavy (non-hydrogen) atoms. The van der Waals surface area contributed by atoms with Crippen LogP contribution in [0.4, 0.5) is 5.69 Å². The van der Waals surface area contributed by atoms with E-state index < -0.39 is 11.8 Å². The Labute approximate surface area is 209 Å². The van der Waals surface area contributed by atoms with Crippen LogP contribution in [0.3, 0.4) is 0 Å². The zero-order valence-corrected chi connectivity index (χ0v) is 20.0. The van der Waals surface area contributed by atoms with Crippen LogP contribution in [0.15, 0.2) is 85.0 Å². The molecule has 0 aromatic heterocycles. The van der Waals surface area contributed by atoms with Gasteiger partial charge in [0.15, 0.2) is 11.5 Å². The monoisotopic (exact) mass is 488 g/mol. The molecule has 0 bridgehead atoms. The third-order valence-electron chi connectivity index (χ3n) is 5.33. The zero-order chi connectivity index (χ0) is 24.8. The minimum atomic E-state index is -0.467. The zero-order valence-electron chi connectivity index (χ0n) is 19.3. The molecule has 6 nitrogen and oxygen atoms in total. The summed E-state index contributed by atoms with van der Waals surface area (Å²) in [4.78, 5) is 25.6. The predicted molar refractivity (Wildman–Crippen MR) is 137 cm³/mol. The van der Waals surface area contributed by atoms with Crippen molar-refractivity contribution in [2.75, 3.05) is 11.6 Å². The van der Waals surface area contributed by atoms with Gasteiger partial charge in [0, 0.05) is 10.6 Å². The number of hydrogen-bond donors (Lipinski definition) is 1. The molecule has 2 amide bonds. The van der Waals surface area contributed by atoms with Gasteiger partial charge in [-0.15, -0.1) is 6.58 Å². The fourth-order valence-corrected chi connectivity index (χ4v) is 3.85. The Morgan fingerprint density at radius 2 is 1.77 bits per heavy atom. The first-order valence-electron chi connectivity index (χ1n) is 11.2. The van der Waals surface area contributed by atoms with Gasteiger partial charge < -0.3 is 9.47 Å². The first-order valence-corrected chi connectivity index (χ1v) is 11.6. The van der Waals surface area contributed by atoms with Crippen molar-refractivity contribution in [2.45, 2.75) is 20.0 Å². The number of benzene rings is 3. The minimum absolute atomic E-state index is 0.0377. The van der Waals surface area contributed by atoms with Crippen molar-refractivity contribution in [3.8, 4) is 11.5 Å². The molecule has 1 N–H and O–H groups in total. The number of nitrogens with one attached hydrogen (secondary N) is 1. The van der Waals surface area contributed by atoms with E-state index in [-0.39, 0.29) is 5.57 Å². The average molecular weight is 489 g/mol. The van der Waals surface area contributed by atoms with E-state index in [0.717, 1.165) is 11.1 Å². The topological polar surface area (TPSA) is 67.9 Å². The van der Waals surface area contributed by atoms with E-state index in [9.17, 15) is 9.59 Å². The molecule has 0 radical (unpaired) electrons. The Bertz CT molecular complexity index is 1270. The van der Waals surface area contributed by atoms with Crippen molar-refractivity contribution in [1.29, 1.82) is 0 Å². The number of carbonyl (C=O) groups excluding carboxylic acids is 2. The fraction of sp³-hybridized carbons (Fsp3) is 0.143. The summed E-state index contributed by atoms with van der Waals surface area (Å²) in [5.74, 6) is 0.230. The highest BCUT2D eigenvalue weighted by atomic mass is 35.5. The van der Waals surface area contributed by atoms with E-state index >= 15 is 0 Å². The van der Waals surface area contributed by atoms with Crippen LogP contribution in [0.2, 0.25) is 5.02 Å². The minimum Gasteiger partial charge on any atom is -0.490 e. The second-order valence-corrected chi connectivity index (χ2v) is 8.26. The number of allylic oxidation sites excluding steroid dienone is 1. The normalized spacial score (nSPS) is 14.2. The van der Waals surface area contributed by atoms with Crippen LogP contribution in [0.5, 0.6) is 11.5 Å². The van der Waals surface area contributed by atoms with Crippen molar-refractivity contribution < 1.29 is 19.1 Å². The lowest BCUT2D eigenvalue weighted by molar-refractivity contribution is -0.117. The van der Waals surface area contributed by atoms with E-state index in [1.165, 1.54) is 5.01 Å². The number of carbonyl (C=O) groups is 2. The van der Waals surface area contributed by atoms with Crippen molar-refractivity contribution in [3.63, 3.8) is 0 Å². The van der Waals surface area contributed by atoms with Crippen molar-refractivity contribution in [1.82, 2.24) is 5.43 Å². The molecule has 4 rings (SSSR count). The first kappa shape index (κ1) is 24.1. The molecule has 0 spiro atoms. The van der Waals surface area contributed by atoms with Gasteiger partial charge >= 0.3 is 0 Å². The molecule has 0 aliphatic carbocycles. The molecule has 1 heterocycles. The second kappa shape index (κ2) is 10.9. The van der Waals surface area contributed by atoms with Crippen LogP contribution < -0.4 is 19.9 Å². The van der Waals surface area contributed by atoms with E-state index in [0.29, 0.717) is 47.4 Å². The molecule has 7 heteroatoms. The van der Waals surface area contributed by atoms with Crippen LogP contribution in [0.1, 0.15) is 23.6 Å². The quantitative estimate of drug-likeness (QED) is 0.245. The summed E-state index contributed by atoms with van der Waals surface area (Å²) in [6.07, 6.45) is 3.85. The Hall–Kier alpha value is -4.03. The summed E-state index contributed by atoms with van der Waals surface area (Å²) in [5.41, 5.74) is 5.68. The SMILES string of the molecule is C=CCc1cc(/C=C2/C(=O)NN(c3ccccc3)C2=O)cc(OCC)c1OCc1ccc(Cl)cc1. The number of nitrogens with zero attached hydrogens (tertiary/aromatic N) is 1. The van der Waals surface area contributed by atoms with Gasteiger partial charge in [0.25, 0.3) is 11.8 Å². The number of rotatable bonds is 9. The smallest absolute Gasteiger partial charge is 0.282 e. The van der Waals surface area contributed by atoms with E-state index in [4.69, 9.17) is 21.1 Å². The molecule has 178 valence electrons. The number of ether oxygens (including phenoxy) is 2. The molecule has 3 aromatic rings. The van der Waals surface area contributed by atoms with Crippen LogP contribution in [-0.4, -0.2) is 18.4 Å². The molecule has 0 atom stereocenters. The summed E-state index contributed by atoms with van der Waals surface area (Å²) in [7, 11) is 0. The Morgan fingerprint density at radius 3 is 2.46 bits per heavy atom. The van der Waals surface area contributed by atoms with Gasteiger partial charge in [-0.05, 0) is 66.9 Å². The van der Waals surface area contributed by atoms with Crippen LogP contribution in [-0.2, 0) is 22.6 Å². The third kappa shape index (κ3) is 5.55. The number of anilines is 1. The summed E-state index contributed by atoms with van der Waals surface area (Å²) < 4.78 is 12.0. The van der Waals surface area contributed by atoms with Gasteiger partial charge in [-0.2, -0.15) is 0 Å². The van der Waals surface area contributed by atoms with Gasteiger partial charge in [-0.25, -0.2) is 5.01 Å². The predicted octanol–water partition coefficient (Wildman–Crippen LogP) is 5.51. The maximum atomic E-state index is 13.0. The van der Waals surface area contributed by atoms with E-state index in [1.54, 1.807) is 42.5 Å². The standard InChI is InChI=1S/C28H25ClN2O4/c1-3-8-21-15-20(16-24-27(32)30-31(28(24)33)23-9-6-5-7-10-23)17-25(34-4-2)26(21)35-18-19-11-13-22(29)14-12-19/h3,5-7,9-17H,1,4,8,18H2,2H3,(H,30,32)/b24-16-. The molecule has 0 unspecified atom stereocenters. The lowest BCUT2D eigenvalue weighted by Crippen LogP contribution is -2.35. The molecular formula is C28H25ClN2O4. The number of hydrogen-bond acceptors (Lipinski definition) is 4. The van der Waals surface area contributed by atoms with Gasteiger partial charge in [-0.3, -0.25) is 15.0 Å². The van der Waals surface area contributed by atoms with Gasteiger partial charge in [0.1, 0.15) is 12.2 Å². The number of para-hydroxylation sites is 1. The average Bonchev–Trinajstić information content (AvgIpc) is 3.14. The highest BCUT2D eigenvalue weighted by Crippen LogP contribution is 2.36. The maximum Gasteiger partial charge on any atom is 0.282 e. The number of hydrazine groups is 1. The Morgan fingerprint density at radius 1 is 1.03 bits per heavy atom. The summed E-state index contributed by atoms with van der Waals surface area (Å²) in [6, 6.07) is 20.0. The molecule has 1 aliphatic rings. The van der Waals surface area contributed by atoms with Gasteiger partial charge in [0.2, 0.25) is 0 Å².